The number of pyridine rings is 1. The van der Waals surface area contributed by atoms with Crippen LogP contribution in [0.15, 0.2) is 29.6 Å². The van der Waals surface area contributed by atoms with Crippen LogP contribution in [0.3, 0.4) is 0 Å². The number of alkyl halides is 3. The number of hydrogen-bond acceptors (Lipinski definition) is 6. The lowest BCUT2D eigenvalue weighted by Crippen LogP contribution is -2.21. The molecule has 1 unspecified atom stereocenters. The Bertz CT molecular complexity index is 1420. The van der Waals surface area contributed by atoms with E-state index in [0.29, 0.717) is 6.42 Å². The second kappa shape index (κ2) is 16.2. The zero-order valence-electron chi connectivity index (χ0n) is 26.5. The molecule has 0 saturated heterocycles. The number of methoxy groups -OCH3 is 1. The Morgan fingerprint density at radius 3 is 2.13 bits per heavy atom. The smallest absolute Gasteiger partial charge is 0.490 e. The topological polar surface area (TPSA) is 110 Å². The van der Waals surface area contributed by atoms with Crippen molar-refractivity contribution in [2.24, 2.45) is 0 Å². The van der Waals surface area contributed by atoms with E-state index in [4.69, 9.17) is 24.6 Å². The number of aromatic nitrogens is 2. The molecule has 4 rings (SSSR count). The van der Waals surface area contributed by atoms with Crippen molar-refractivity contribution < 1.29 is 37.7 Å². The minimum absolute atomic E-state index is 0.0816. The van der Waals surface area contributed by atoms with E-state index in [1.165, 1.54) is 36.2 Å². The highest BCUT2D eigenvalue weighted by atomic mass is 32.1. The van der Waals surface area contributed by atoms with Gasteiger partial charge in [-0.05, 0) is 97.4 Å². The van der Waals surface area contributed by atoms with E-state index in [2.05, 4.69) is 57.3 Å². The fraction of sp³-hybridized carbons (Fsp3) is 0.529. The van der Waals surface area contributed by atoms with E-state index in [-0.39, 0.29) is 24.2 Å². The van der Waals surface area contributed by atoms with Crippen LogP contribution in [0, 0.1) is 0 Å². The number of fused-ring (bicyclic) bond motifs is 1. The third-order valence-electron chi connectivity index (χ3n) is 7.87. The minimum Gasteiger partial charge on any atom is -0.496 e. The molecule has 0 spiro atoms. The van der Waals surface area contributed by atoms with Crippen LogP contribution in [0.2, 0.25) is 0 Å². The van der Waals surface area contributed by atoms with Gasteiger partial charge in [-0.3, -0.25) is 9.78 Å². The summed E-state index contributed by atoms with van der Waals surface area (Å²) in [7, 11) is 1.72. The average Bonchev–Trinajstić information content (AvgIpc) is 3.42. The molecule has 0 fully saturated rings. The maximum Gasteiger partial charge on any atom is 0.490 e. The summed E-state index contributed by atoms with van der Waals surface area (Å²) < 4.78 is 37.5. The molecule has 0 aliphatic heterocycles. The average molecular weight is 649 g/mol. The van der Waals surface area contributed by atoms with Crippen LogP contribution >= 0.6 is 11.3 Å². The van der Waals surface area contributed by atoms with Crippen molar-refractivity contribution in [2.45, 2.75) is 109 Å². The van der Waals surface area contributed by atoms with Gasteiger partial charge in [0.15, 0.2) is 0 Å². The van der Waals surface area contributed by atoms with Gasteiger partial charge in [-0.1, -0.05) is 45.9 Å². The van der Waals surface area contributed by atoms with Crippen LogP contribution in [0.4, 0.5) is 13.2 Å². The van der Waals surface area contributed by atoms with E-state index >= 15 is 0 Å². The summed E-state index contributed by atoms with van der Waals surface area (Å²) in [6, 6.07) is 8.78. The molecule has 1 aliphatic carbocycles. The molecule has 2 N–H and O–H groups in total. The van der Waals surface area contributed by atoms with E-state index < -0.39 is 18.1 Å². The van der Waals surface area contributed by atoms with Gasteiger partial charge in [0.05, 0.1) is 24.2 Å². The number of rotatable bonds is 12. The number of hydrogen-bond donors (Lipinski definition) is 2. The first-order valence-electron chi connectivity index (χ1n) is 15.3. The monoisotopic (exact) mass is 648 g/mol. The molecule has 0 radical (unpaired) electrons. The number of halogens is 3. The summed E-state index contributed by atoms with van der Waals surface area (Å²) in [6.45, 7) is 8.63. The van der Waals surface area contributed by atoms with Crippen LogP contribution < -0.4 is 4.74 Å². The van der Waals surface area contributed by atoms with E-state index in [0.717, 1.165) is 58.8 Å². The molecule has 0 amide bonds. The van der Waals surface area contributed by atoms with Crippen LogP contribution in [0.5, 0.6) is 5.75 Å². The number of carboxylic acids is 2. The number of aryl methyl sites for hydroxylation is 4. The van der Waals surface area contributed by atoms with Gasteiger partial charge in [0.2, 0.25) is 0 Å². The normalized spacial score (nSPS) is 13.6. The van der Waals surface area contributed by atoms with Crippen LogP contribution in [-0.2, 0) is 41.7 Å². The maximum absolute atomic E-state index is 11.9. The minimum atomic E-state index is -5.08. The lowest BCUT2D eigenvalue weighted by atomic mass is 9.84. The summed E-state index contributed by atoms with van der Waals surface area (Å²) in [5.41, 5.74) is 8.24. The molecule has 45 heavy (non-hydrogen) atoms. The van der Waals surface area contributed by atoms with Crippen molar-refractivity contribution in [1.82, 2.24) is 9.97 Å². The highest BCUT2D eigenvalue weighted by Crippen LogP contribution is 2.39. The summed E-state index contributed by atoms with van der Waals surface area (Å²) in [4.78, 5) is 30.6. The highest BCUT2D eigenvalue weighted by molar-refractivity contribution is 7.09. The predicted molar refractivity (Wildman–Crippen MR) is 169 cm³/mol. The van der Waals surface area contributed by atoms with Crippen molar-refractivity contribution in [3.05, 3.63) is 74.0 Å². The lowest BCUT2D eigenvalue weighted by molar-refractivity contribution is -0.192. The number of carboxylic acid groups (broad SMARTS) is 2. The maximum atomic E-state index is 11.9. The lowest BCUT2D eigenvalue weighted by Gasteiger charge is -2.23. The molecular weight excluding hydrogens is 605 g/mol. The molecule has 0 saturated carbocycles. The quantitative estimate of drug-likeness (QED) is 0.203. The molecule has 0 bridgehead atoms. The number of carbonyl (C=O) groups is 2. The van der Waals surface area contributed by atoms with E-state index in [1.807, 2.05) is 0 Å². The van der Waals surface area contributed by atoms with Gasteiger partial charge in [-0.15, -0.1) is 11.3 Å². The molecule has 2 heterocycles. The highest BCUT2D eigenvalue weighted by Gasteiger charge is 2.38. The molecule has 1 aromatic carbocycles. The number of aliphatic carboxylic acids is 2. The van der Waals surface area contributed by atoms with Gasteiger partial charge in [0.1, 0.15) is 5.75 Å². The Hall–Kier alpha value is -3.47. The Morgan fingerprint density at radius 1 is 0.956 bits per heavy atom. The van der Waals surface area contributed by atoms with Gasteiger partial charge < -0.3 is 14.9 Å². The fourth-order valence-corrected chi connectivity index (χ4v) is 6.40. The predicted octanol–water partition coefficient (Wildman–Crippen LogP) is 8.28. The first-order chi connectivity index (χ1) is 21.2. The number of thiazole rings is 1. The Balaban J connectivity index is 0.000000707. The SMILES string of the molecule is COc1c(C(C)C)cc(C(CC(=O)O)Cc2csc(CCCc3ccc4c(n3)CCCC4)n2)cc1C(C)C.O=C(O)C(F)(F)F. The van der Waals surface area contributed by atoms with E-state index in [1.54, 1.807) is 18.4 Å². The van der Waals surface area contributed by atoms with Crippen molar-refractivity contribution in [3.63, 3.8) is 0 Å². The zero-order chi connectivity index (χ0) is 33.3. The summed E-state index contributed by atoms with van der Waals surface area (Å²) in [5, 5.41) is 20.1. The molecule has 11 heteroatoms. The summed E-state index contributed by atoms with van der Waals surface area (Å²) in [5.74, 6) is -2.18. The first kappa shape index (κ1) is 36.0. The van der Waals surface area contributed by atoms with Crippen molar-refractivity contribution in [2.75, 3.05) is 7.11 Å². The molecule has 1 atom stereocenters. The van der Waals surface area contributed by atoms with Crippen LogP contribution in [0.25, 0.3) is 0 Å². The third-order valence-corrected chi connectivity index (χ3v) is 8.82. The van der Waals surface area contributed by atoms with Crippen molar-refractivity contribution in [3.8, 4) is 5.75 Å². The fourth-order valence-electron chi connectivity index (χ4n) is 5.54. The van der Waals surface area contributed by atoms with E-state index in [9.17, 15) is 23.1 Å². The van der Waals surface area contributed by atoms with Gasteiger partial charge in [-0.25, -0.2) is 9.78 Å². The number of nitrogens with zero attached hydrogens (tertiary/aromatic N) is 2. The van der Waals surface area contributed by atoms with Crippen molar-refractivity contribution >= 4 is 23.3 Å². The van der Waals surface area contributed by atoms with Crippen LogP contribution in [0.1, 0.15) is 115 Å². The van der Waals surface area contributed by atoms with Gasteiger partial charge >= 0.3 is 18.1 Å². The second-order valence-corrected chi connectivity index (χ2v) is 13.0. The standard InChI is InChI=1S/C32H42N2O3S.C2HF3O2/c1-20(2)27-16-24(17-28(21(3)4)32(27)37-5)23(18-31(35)36)15-26-19-38-30(34-26)12-8-10-25-14-13-22-9-6-7-11-29(22)33-25;3-2(4,5)1(6)7/h13-14,16-17,19-21,23H,6-12,15,18H2,1-5H3,(H,35,36);(H,6,7). The molecular formula is C34H43F3N2O5S. The summed E-state index contributed by atoms with van der Waals surface area (Å²) >= 11 is 1.69. The van der Waals surface area contributed by atoms with Gasteiger partial charge in [0, 0.05) is 16.8 Å². The van der Waals surface area contributed by atoms with Crippen molar-refractivity contribution in [1.29, 1.82) is 0 Å². The Kier molecular flexibility index (Phi) is 13.0. The van der Waals surface area contributed by atoms with Gasteiger partial charge in [0.25, 0.3) is 0 Å². The number of benzene rings is 1. The van der Waals surface area contributed by atoms with Gasteiger partial charge in [-0.2, -0.15) is 13.2 Å². The largest absolute Gasteiger partial charge is 0.496 e. The Morgan fingerprint density at radius 2 is 1.58 bits per heavy atom. The third kappa shape index (κ3) is 10.5. The molecule has 7 nitrogen and oxygen atoms in total. The van der Waals surface area contributed by atoms with Crippen LogP contribution in [-0.4, -0.2) is 45.4 Å². The molecule has 3 aromatic rings. The molecule has 2 aromatic heterocycles. The summed E-state index contributed by atoms with van der Waals surface area (Å²) in [6.07, 6.45) is 3.34. The Labute approximate surface area is 266 Å². The molecule has 246 valence electrons. The zero-order valence-corrected chi connectivity index (χ0v) is 27.4. The molecule has 1 aliphatic rings. The first-order valence-corrected chi connectivity index (χ1v) is 16.2. The second-order valence-electron chi connectivity index (χ2n) is 12.0. The number of ether oxygens (including phenoxy) is 1.